The molecule has 8 nitrogen and oxygen atoms in total. The van der Waals surface area contributed by atoms with Gasteiger partial charge in [-0.3, -0.25) is 14.3 Å². The van der Waals surface area contributed by atoms with E-state index in [9.17, 15) is 14.0 Å². The van der Waals surface area contributed by atoms with Crippen LogP contribution in [-0.4, -0.2) is 82.9 Å². The standard InChI is InChI=1S/C26H34FN5O3/c1-17-7-8-20(13-22(17)27)29-9-11-30(12-10-29)24(33)16-32-23-6-4-5-21(23)25(28-32)26(34)31-14-18(2)35-19(3)15-31/h7-8,13,18-19H,4-6,9-12,14-16H2,1-3H3/t18-,19+. The molecule has 3 aliphatic rings. The molecule has 1 aromatic carbocycles. The average Bonchev–Trinajstić information content (AvgIpc) is 3.44. The number of ether oxygens (including phenoxy) is 1. The van der Waals surface area contributed by atoms with Crippen LogP contribution in [0, 0.1) is 12.7 Å². The van der Waals surface area contributed by atoms with Crippen molar-refractivity contribution in [3.8, 4) is 0 Å². The Hall–Kier alpha value is -2.94. The number of nitrogens with zero attached hydrogens (tertiary/aromatic N) is 5. The van der Waals surface area contributed by atoms with Crippen molar-refractivity contribution < 1.29 is 18.7 Å². The number of fused-ring (bicyclic) bond motifs is 1. The number of carbonyl (C=O) groups excluding carboxylic acids is 2. The fourth-order valence-corrected chi connectivity index (χ4v) is 5.53. The maximum atomic E-state index is 14.0. The smallest absolute Gasteiger partial charge is 0.274 e. The van der Waals surface area contributed by atoms with Gasteiger partial charge in [0, 0.05) is 56.2 Å². The Morgan fingerprint density at radius 1 is 1.06 bits per heavy atom. The van der Waals surface area contributed by atoms with Gasteiger partial charge in [0.1, 0.15) is 12.4 Å². The van der Waals surface area contributed by atoms with Gasteiger partial charge in [-0.1, -0.05) is 6.07 Å². The predicted octanol–water partition coefficient (Wildman–Crippen LogP) is 2.42. The predicted molar refractivity (Wildman–Crippen MR) is 130 cm³/mol. The van der Waals surface area contributed by atoms with Crippen LogP contribution in [0.1, 0.15) is 47.6 Å². The summed E-state index contributed by atoms with van der Waals surface area (Å²) in [6.07, 6.45) is 2.63. The van der Waals surface area contributed by atoms with Gasteiger partial charge in [0.15, 0.2) is 5.69 Å². The summed E-state index contributed by atoms with van der Waals surface area (Å²) in [6, 6.07) is 5.28. The molecule has 35 heavy (non-hydrogen) atoms. The zero-order chi connectivity index (χ0) is 24.7. The first-order valence-corrected chi connectivity index (χ1v) is 12.6. The summed E-state index contributed by atoms with van der Waals surface area (Å²) < 4.78 is 21.5. The van der Waals surface area contributed by atoms with Gasteiger partial charge < -0.3 is 19.4 Å². The second kappa shape index (κ2) is 9.60. The Morgan fingerprint density at radius 3 is 2.46 bits per heavy atom. The molecule has 0 saturated carbocycles. The normalized spacial score (nSPS) is 22.5. The Labute approximate surface area is 205 Å². The fraction of sp³-hybridized carbons (Fsp3) is 0.577. The summed E-state index contributed by atoms with van der Waals surface area (Å²) in [7, 11) is 0. The Morgan fingerprint density at radius 2 is 1.77 bits per heavy atom. The van der Waals surface area contributed by atoms with E-state index in [1.807, 2.05) is 29.7 Å². The summed E-state index contributed by atoms with van der Waals surface area (Å²) in [5, 5.41) is 4.66. The highest BCUT2D eigenvalue weighted by molar-refractivity contribution is 5.94. The van der Waals surface area contributed by atoms with Crippen LogP contribution in [0.15, 0.2) is 18.2 Å². The molecule has 2 saturated heterocycles. The van der Waals surface area contributed by atoms with Crippen molar-refractivity contribution in [1.29, 1.82) is 0 Å². The van der Waals surface area contributed by atoms with E-state index >= 15 is 0 Å². The van der Waals surface area contributed by atoms with E-state index in [0.29, 0.717) is 50.5 Å². The van der Waals surface area contributed by atoms with E-state index < -0.39 is 0 Å². The van der Waals surface area contributed by atoms with Crippen LogP contribution < -0.4 is 4.90 Å². The van der Waals surface area contributed by atoms with Gasteiger partial charge in [0.2, 0.25) is 5.91 Å². The highest BCUT2D eigenvalue weighted by Crippen LogP contribution is 2.27. The number of amides is 2. The maximum Gasteiger partial charge on any atom is 0.274 e. The minimum absolute atomic E-state index is 0.00422. The largest absolute Gasteiger partial charge is 0.372 e. The molecule has 0 radical (unpaired) electrons. The highest BCUT2D eigenvalue weighted by atomic mass is 19.1. The van der Waals surface area contributed by atoms with Crippen molar-refractivity contribution >= 4 is 17.5 Å². The lowest BCUT2D eigenvalue weighted by Gasteiger charge is -2.36. The lowest BCUT2D eigenvalue weighted by atomic mass is 10.1. The minimum Gasteiger partial charge on any atom is -0.372 e. The number of anilines is 1. The molecule has 3 heterocycles. The SMILES string of the molecule is Cc1ccc(N2CCN(C(=O)Cn3nc(C(=O)N4C[C@@H](C)O[C@@H](C)C4)c4c3CCC4)CC2)cc1F. The average molecular weight is 484 g/mol. The number of aryl methyl sites for hydroxylation is 1. The number of morpholine rings is 1. The molecular formula is C26H34FN5O3. The van der Waals surface area contributed by atoms with E-state index in [-0.39, 0.29) is 36.4 Å². The Kier molecular flexibility index (Phi) is 6.53. The van der Waals surface area contributed by atoms with Crippen molar-refractivity contribution in [2.45, 2.75) is 58.8 Å². The van der Waals surface area contributed by atoms with E-state index in [2.05, 4.69) is 10.00 Å². The van der Waals surface area contributed by atoms with Gasteiger partial charge in [0.25, 0.3) is 5.91 Å². The van der Waals surface area contributed by atoms with Crippen molar-refractivity contribution in [1.82, 2.24) is 19.6 Å². The molecule has 0 spiro atoms. The first-order chi connectivity index (χ1) is 16.8. The quantitative estimate of drug-likeness (QED) is 0.668. The molecule has 5 rings (SSSR count). The van der Waals surface area contributed by atoms with Crippen LogP contribution in [0.25, 0.3) is 0 Å². The van der Waals surface area contributed by atoms with Crippen LogP contribution in [0.4, 0.5) is 10.1 Å². The molecule has 2 fully saturated rings. The molecule has 0 unspecified atom stereocenters. The molecule has 0 N–H and O–H groups in total. The number of hydrogen-bond acceptors (Lipinski definition) is 5. The van der Waals surface area contributed by atoms with Crippen LogP contribution in [-0.2, 0) is 28.9 Å². The van der Waals surface area contributed by atoms with Crippen LogP contribution >= 0.6 is 0 Å². The third kappa shape index (κ3) is 4.78. The Bertz CT molecular complexity index is 1110. The molecule has 2 amide bonds. The number of halogens is 1. The van der Waals surface area contributed by atoms with Crippen molar-refractivity contribution in [3.63, 3.8) is 0 Å². The first kappa shape index (κ1) is 23.8. The molecule has 188 valence electrons. The summed E-state index contributed by atoms with van der Waals surface area (Å²) >= 11 is 0. The lowest BCUT2D eigenvalue weighted by Crippen LogP contribution is -2.49. The second-order valence-corrected chi connectivity index (χ2v) is 10.1. The topological polar surface area (TPSA) is 70.9 Å². The molecule has 2 aliphatic heterocycles. The van der Waals surface area contributed by atoms with Gasteiger partial charge in [-0.2, -0.15) is 5.10 Å². The van der Waals surface area contributed by atoms with E-state index in [1.165, 1.54) is 0 Å². The van der Waals surface area contributed by atoms with Crippen LogP contribution in [0.2, 0.25) is 0 Å². The summed E-state index contributed by atoms with van der Waals surface area (Å²) in [6.45, 7) is 9.43. The molecule has 1 aromatic heterocycles. The summed E-state index contributed by atoms with van der Waals surface area (Å²) in [5.74, 6) is -0.264. The van der Waals surface area contributed by atoms with Crippen molar-refractivity contribution in [2.24, 2.45) is 0 Å². The zero-order valence-corrected chi connectivity index (χ0v) is 20.8. The molecule has 0 bridgehead atoms. The van der Waals surface area contributed by atoms with Crippen LogP contribution in [0.3, 0.4) is 0 Å². The zero-order valence-electron chi connectivity index (χ0n) is 20.8. The lowest BCUT2D eigenvalue weighted by molar-refractivity contribution is -0.132. The van der Waals surface area contributed by atoms with Crippen molar-refractivity contribution in [2.75, 3.05) is 44.2 Å². The summed E-state index contributed by atoms with van der Waals surface area (Å²) in [5.41, 5.74) is 3.99. The number of rotatable bonds is 4. The molecular weight excluding hydrogens is 449 g/mol. The molecule has 1 aliphatic carbocycles. The number of carbonyl (C=O) groups is 2. The van der Waals surface area contributed by atoms with E-state index in [0.717, 1.165) is 36.2 Å². The van der Waals surface area contributed by atoms with E-state index in [4.69, 9.17) is 4.74 Å². The van der Waals surface area contributed by atoms with Crippen LogP contribution in [0.5, 0.6) is 0 Å². The van der Waals surface area contributed by atoms with Gasteiger partial charge in [-0.05, 0) is 57.7 Å². The number of aromatic nitrogens is 2. The van der Waals surface area contributed by atoms with Gasteiger partial charge in [0.05, 0.1) is 12.2 Å². The molecule has 2 aromatic rings. The highest BCUT2D eigenvalue weighted by Gasteiger charge is 2.33. The molecule has 2 atom stereocenters. The van der Waals surface area contributed by atoms with Gasteiger partial charge in [-0.25, -0.2) is 4.39 Å². The van der Waals surface area contributed by atoms with E-state index in [1.54, 1.807) is 23.7 Å². The maximum absolute atomic E-state index is 14.0. The van der Waals surface area contributed by atoms with Gasteiger partial charge in [-0.15, -0.1) is 0 Å². The summed E-state index contributed by atoms with van der Waals surface area (Å²) in [4.78, 5) is 32.3. The van der Waals surface area contributed by atoms with Crippen molar-refractivity contribution in [3.05, 3.63) is 46.5 Å². The third-order valence-electron chi connectivity index (χ3n) is 7.35. The molecule has 9 heteroatoms. The number of piperazine rings is 1. The number of benzene rings is 1. The Balaban J connectivity index is 1.25. The monoisotopic (exact) mass is 483 g/mol. The third-order valence-corrected chi connectivity index (χ3v) is 7.35. The minimum atomic E-state index is -0.208. The second-order valence-electron chi connectivity index (χ2n) is 10.1. The first-order valence-electron chi connectivity index (χ1n) is 12.6. The van der Waals surface area contributed by atoms with Gasteiger partial charge >= 0.3 is 0 Å². The number of hydrogen-bond donors (Lipinski definition) is 0. The fourth-order valence-electron chi connectivity index (χ4n) is 5.53.